The van der Waals surface area contributed by atoms with E-state index in [0.717, 1.165) is 0 Å². The highest BCUT2D eigenvalue weighted by atomic mass is 16.6. The van der Waals surface area contributed by atoms with Gasteiger partial charge >= 0.3 is 12.1 Å². The first-order chi connectivity index (χ1) is 7.35. The summed E-state index contributed by atoms with van der Waals surface area (Å²) in [5.74, 6) is -0.336. The van der Waals surface area contributed by atoms with Crippen LogP contribution in [-0.4, -0.2) is 44.4 Å². The van der Waals surface area contributed by atoms with Gasteiger partial charge in [-0.2, -0.15) is 0 Å². The Morgan fingerprint density at radius 2 is 1.81 bits per heavy atom. The minimum absolute atomic E-state index is 0.131. The first-order valence-corrected chi connectivity index (χ1v) is 5.09. The summed E-state index contributed by atoms with van der Waals surface area (Å²) in [6.45, 7) is 6.39. The molecule has 0 aromatic heterocycles. The van der Waals surface area contributed by atoms with Crippen molar-refractivity contribution < 1.29 is 19.1 Å². The molecule has 1 amide bonds. The molecule has 0 spiro atoms. The Hall–Kier alpha value is -1.30. The maximum absolute atomic E-state index is 11.2. The lowest BCUT2D eigenvalue weighted by Gasteiger charge is -2.19. The number of rotatable bonds is 5. The molecule has 0 saturated heterocycles. The molecule has 0 rings (SSSR count). The van der Waals surface area contributed by atoms with Crippen LogP contribution in [0, 0.1) is 0 Å². The van der Waals surface area contributed by atoms with Crippen molar-refractivity contribution in [3.63, 3.8) is 0 Å². The van der Waals surface area contributed by atoms with Crippen LogP contribution in [0.1, 0.15) is 20.8 Å². The summed E-state index contributed by atoms with van der Waals surface area (Å²) in [5, 5.41) is 5.36. The van der Waals surface area contributed by atoms with Gasteiger partial charge in [0.2, 0.25) is 0 Å². The third-order valence-electron chi connectivity index (χ3n) is 1.47. The average molecular weight is 232 g/mol. The van der Waals surface area contributed by atoms with Crippen LogP contribution in [0.3, 0.4) is 0 Å². The molecule has 94 valence electrons. The Kier molecular flexibility index (Phi) is 6.48. The molecule has 0 atom stereocenters. The van der Waals surface area contributed by atoms with Crippen LogP contribution < -0.4 is 10.6 Å². The minimum atomic E-state index is -0.496. The van der Waals surface area contributed by atoms with Crippen molar-refractivity contribution in [1.82, 2.24) is 10.6 Å². The molecule has 0 bridgehead atoms. The second-order valence-corrected chi connectivity index (χ2v) is 4.18. The van der Waals surface area contributed by atoms with Gasteiger partial charge in [0.15, 0.2) is 0 Å². The van der Waals surface area contributed by atoms with Crippen LogP contribution in [0.5, 0.6) is 0 Å². The number of hydrogen-bond acceptors (Lipinski definition) is 5. The first kappa shape index (κ1) is 14.7. The van der Waals surface area contributed by atoms with Gasteiger partial charge in [0.1, 0.15) is 5.60 Å². The molecule has 16 heavy (non-hydrogen) atoms. The van der Waals surface area contributed by atoms with Gasteiger partial charge in [-0.05, 0) is 20.8 Å². The molecule has 6 heteroatoms. The van der Waals surface area contributed by atoms with Crippen molar-refractivity contribution in [3.8, 4) is 0 Å². The number of amides is 1. The monoisotopic (exact) mass is 232 g/mol. The molecular weight excluding hydrogens is 212 g/mol. The standard InChI is InChI=1S/C10H20N2O4/c1-10(2,3)16-9(14)12-6-5-11-7-8(13)15-4/h11H,5-7H2,1-4H3,(H,12,14). The van der Waals surface area contributed by atoms with Gasteiger partial charge in [-0.3, -0.25) is 4.79 Å². The quantitative estimate of drug-likeness (QED) is 0.525. The predicted molar refractivity (Wildman–Crippen MR) is 59.1 cm³/mol. The van der Waals surface area contributed by atoms with Gasteiger partial charge in [-0.1, -0.05) is 0 Å². The summed E-state index contributed by atoms with van der Waals surface area (Å²) in [4.78, 5) is 21.9. The Balaban J connectivity index is 3.45. The van der Waals surface area contributed by atoms with Crippen LogP contribution in [0.4, 0.5) is 4.79 Å². The Labute approximate surface area is 95.7 Å². The van der Waals surface area contributed by atoms with E-state index >= 15 is 0 Å². The number of carbonyl (C=O) groups excluding carboxylic acids is 2. The van der Waals surface area contributed by atoms with Crippen molar-refractivity contribution in [3.05, 3.63) is 0 Å². The number of alkyl carbamates (subject to hydrolysis) is 1. The number of esters is 1. The number of methoxy groups -OCH3 is 1. The Bertz CT molecular complexity index is 235. The first-order valence-electron chi connectivity index (χ1n) is 5.09. The van der Waals surface area contributed by atoms with E-state index in [-0.39, 0.29) is 12.5 Å². The second-order valence-electron chi connectivity index (χ2n) is 4.18. The molecule has 0 unspecified atom stereocenters. The third-order valence-corrected chi connectivity index (χ3v) is 1.47. The molecule has 2 N–H and O–H groups in total. The minimum Gasteiger partial charge on any atom is -0.468 e. The lowest BCUT2D eigenvalue weighted by molar-refractivity contribution is -0.139. The lowest BCUT2D eigenvalue weighted by Crippen LogP contribution is -2.37. The van der Waals surface area contributed by atoms with Crippen molar-refractivity contribution >= 4 is 12.1 Å². The van der Waals surface area contributed by atoms with E-state index in [4.69, 9.17) is 4.74 Å². The van der Waals surface area contributed by atoms with Crippen LogP contribution in [-0.2, 0) is 14.3 Å². The summed E-state index contributed by atoms with van der Waals surface area (Å²) in [5.41, 5.74) is -0.496. The fourth-order valence-electron chi connectivity index (χ4n) is 0.830. The van der Waals surface area contributed by atoms with Crippen molar-refractivity contribution in [1.29, 1.82) is 0 Å². The summed E-state index contributed by atoms with van der Waals surface area (Å²) in [6.07, 6.45) is -0.465. The van der Waals surface area contributed by atoms with Crippen LogP contribution in [0.15, 0.2) is 0 Å². The fourth-order valence-corrected chi connectivity index (χ4v) is 0.830. The van der Waals surface area contributed by atoms with Gasteiger partial charge in [-0.25, -0.2) is 4.79 Å². The largest absolute Gasteiger partial charge is 0.468 e. The zero-order valence-electron chi connectivity index (χ0n) is 10.3. The third kappa shape index (κ3) is 9.26. The number of carbonyl (C=O) groups is 2. The summed E-state index contributed by atoms with van der Waals surface area (Å²) >= 11 is 0. The Morgan fingerprint density at radius 3 is 2.31 bits per heavy atom. The van der Waals surface area contributed by atoms with Crippen LogP contribution >= 0.6 is 0 Å². The molecule has 0 saturated carbocycles. The molecule has 0 aliphatic rings. The van der Waals surface area contributed by atoms with Gasteiger partial charge in [-0.15, -0.1) is 0 Å². The zero-order valence-corrected chi connectivity index (χ0v) is 10.3. The molecule has 0 radical (unpaired) electrons. The van der Waals surface area contributed by atoms with E-state index in [9.17, 15) is 9.59 Å². The summed E-state index contributed by atoms with van der Waals surface area (Å²) in [6, 6.07) is 0. The number of hydrogen-bond donors (Lipinski definition) is 2. The molecule has 0 aromatic carbocycles. The topological polar surface area (TPSA) is 76.7 Å². The SMILES string of the molecule is COC(=O)CNCCNC(=O)OC(C)(C)C. The summed E-state index contributed by atoms with van der Waals surface area (Å²) < 4.78 is 9.45. The number of nitrogens with one attached hydrogen (secondary N) is 2. The van der Waals surface area contributed by atoms with Gasteiger partial charge in [0.25, 0.3) is 0 Å². The van der Waals surface area contributed by atoms with E-state index in [2.05, 4.69) is 15.4 Å². The highest BCUT2D eigenvalue weighted by Gasteiger charge is 2.15. The smallest absolute Gasteiger partial charge is 0.407 e. The highest BCUT2D eigenvalue weighted by Crippen LogP contribution is 2.05. The molecule has 0 aromatic rings. The molecule has 0 fully saturated rings. The van der Waals surface area contributed by atoms with Gasteiger partial charge in [0.05, 0.1) is 13.7 Å². The highest BCUT2D eigenvalue weighted by molar-refractivity contribution is 5.71. The van der Waals surface area contributed by atoms with Crippen LogP contribution in [0.25, 0.3) is 0 Å². The molecule has 0 aliphatic carbocycles. The van der Waals surface area contributed by atoms with Crippen molar-refractivity contribution in [2.24, 2.45) is 0 Å². The maximum Gasteiger partial charge on any atom is 0.407 e. The normalized spacial score (nSPS) is 10.8. The fraction of sp³-hybridized carbons (Fsp3) is 0.800. The Morgan fingerprint density at radius 1 is 1.19 bits per heavy atom. The molecule has 0 aliphatic heterocycles. The van der Waals surface area contributed by atoms with Crippen molar-refractivity contribution in [2.75, 3.05) is 26.7 Å². The maximum atomic E-state index is 11.2. The van der Waals surface area contributed by atoms with E-state index in [1.54, 1.807) is 20.8 Å². The average Bonchev–Trinajstić information content (AvgIpc) is 2.14. The van der Waals surface area contributed by atoms with Gasteiger partial charge in [0, 0.05) is 13.1 Å². The molecular formula is C10H20N2O4. The van der Waals surface area contributed by atoms with E-state index < -0.39 is 11.7 Å². The molecule has 6 nitrogen and oxygen atoms in total. The second kappa shape index (κ2) is 7.05. The zero-order chi connectivity index (χ0) is 12.6. The van der Waals surface area contributed by atoms with E-state index in [1.807, 2.05) is 0 Å². The predicted octanol–water partition coefficient (Wildman–Crippen LogP) is 0.274. The van der Waals surface area contributed by atoms with E-state index in [0.29, 0.717) is 13.1 Å². The lowest BCUT2D eigenvalue weighted by atomic mass is 10.2. The van der Waals surface area contributed by atoms with Crippen molar-refractivity contribution in [2.45, 2.75) is 26.4 Å². The van der Waals surface area contributed by atoms with Crippen LogP contribution in [0.2, 0.25) is 0 Å². The van der Waals surface area contributed by atoms with Gasteiger partial charge < -0.3 is 20.1 Å². The summed E-state index contributed by atoms with van der Waals surface area (Å²) in [7, 11) is 1.32. The molecule has 0 heterocycles. The number of ether oxygens (including phenoxy) is 2. The van der Waals surface area contributed by atoms with E-state index in [1.165, 1.54) is 7.11 Å².